The molecule has 3 rings (SSSR count). The summed E-state index contributed by atoms with van der Waals surface area (Å²) in [6.07, 6.45) is 6.76. The Balaban J connectivity index is 1.95. The Labute approximate surface area is 131 Å². The van der Waals surface area contributed by atoms with E-state index in [-0.39, 0.29) is 0 Å². The van der Waals surface area contributed by atoms with Gasteiger partial charge in [-0.2, -0.15) is 0 Å². The molecule has 0 aromatic carbocycles. The van der Waals surface area contributed by atoms with Gasteiger partial charge in [-0.25, -0.2) is 9.78 Å². The van der Waals surface area contributed by atoms with Crippen LogP contribution in [0.3, 0.4) is 0 Å². The Morgan fingerprint density at radius 3 is 3.00 bits per heavy atom. The number of carbonyl (C=O) groups excluding carboxylic acids is 2. The van der Waals surface area contributed by atoms with E-state index in [1.165, 1.54) is 12.4 Å². The number of nitrogens with one attached hydrogen (secondary N) is 1. The fraction of sp³-hybridized carbons (Fsp3) is 0.125. The fourth-order valence-electron chi connectivity index (χ4n) is 2.23. The molecule has 3 heterocycles. The van der Waals surface area contributed by atoms with Crippen molar-refractivity contribution in [2.75, 3.05) is 11.9 Å². The summed E-state index contributed by atoms with van der Waals surface area (Å²) in [4.78, 5) is 30.7. The van der Waals surface area contributed by atoms with Crippen LogP contribution in [0.1, 0.15) is 17.3 Å². The van der Waals surface area contributed by atoms with Gasteiger partial charge in [0.1, 0.15) is 5.65 Å². The summed E-state index contributed by atoms with van der Waals surface area (Å²) in [6.45, 7) is 2.03. The van der Waals surface area contributed by atoms with Crippen molar-refractivity contribution in [3.63, 3.8) is 0 Å². The van der Waals surface area contributed by atoms with Crippen LogP contribution in [-0.2, 0) is 4.74 Å². The normalized spacial score (nSPS) is 10.5. The van der Waals surface area contributed by atoms with Gasteiger partial charge in [0.05, 0.1) is 30.4 Å². The summed E-state index contributed by atoms with van der Waals surface area (Å²) in [7, 11) is 0. The summed E-state index contributed by atoms with van der Waals surface area (Å²) in [5.41, 5.74) is 2.48. The highest BCUT2D eigenvalue weighted by Gasteiger charge is 2.08. The number of carbonyl (C=O) groups is 2. The monoisotopic (exact) mass is 310 g/mol. The highest BCUT2D eigenvalue weighted by atomic mass is 16.5. The molecule has 116 valence electrons. The van der Waals surface area contributed by atoms with Crippen molar-refractivity contribution in [1.82, 2.24) is 14.5 Å². The molecule has 7 heteroatoms. The number of aromatic nitrogens is 3. The second-order valence-corrected chi connectivity index (χ2v) is 4.76. The highest BCUT2D eigenvalue weighted by Crippen LogP contribution is 2.20. The Kier molecular flexibility index (Phi) is 4.01. The van der Waals surface area contributed by atoms with Crippen LogP contribution in [0.15, 0.2) is 43.0 Å². The zero-order chi connectivity index (χ0) is 16.2. The molecular weight excluding hydrogens is 296 g/mol. The molecule has 0 radical (unpaired) electrons. The van der Waals surface area contributed by atoms with Crippen molar-refractivity contribution in [3.8, 4) is 5.69 Å². The largest absolute Gasteiger partial charge is 0.450 e. The Bertz CT molecular complexity index is 873. The van der Waals surface area contributed by atoms with Gasteiger partial charge in [0, 0.05) is 23.3 Å². The standard InChI is InChI=1S/C16H14N4O3/c1-2-23-16(22)19-13-6-14(9-17-8-13)20-4-3-12-5-11(10-21)7-18-15(12)20/h3-10H,2H2,1H3,(H,19,22). The third-order valence-corrected chi connectivity index (χ3v) is 3.21. The van der Waals surface area contributed by atoms with Gasteiger partial charge in [0.2, 0.25) is 0 Å². The van der Waals surface area contributed by atoms with Gasteiger partial charge in [-0.05, 0) is 25.1 Å². The van der Waals surface area contributed by atoms with Gasteiger partial charge in [-0.3, -0.25) is 19.7 Å². The van der Waals surface area contributed by atoms with Crippen molar-refractivity contribution in [3.05, 3.63) is 48.5 Å². The second-order valence-electron chi connectivity index (χ2n) is 4.76. The van der Waals surface area contributed by atoms with E-state index in [1.54, 1.807) is 25.3 Å². The molecule has 1 amide bonds. The van der Waals surface area contributed by atoms with Crippen molar-refractivity contribution in [2.24, 2.45) is 0 Å². The van der Waals surface area contributed by atoms with E-state index in [2.05, 4.69) is 15.3 Å². The predicted octanol–water partition coefficient (Wildman–Crippen LogP) is 2.80. The number of nitrogens with zero attached hydrogens (tertiary/aromatic N) is 3. The molecule has 3 aromatic rings. The molecule has 0 atom stereocenters. The van der Waals surface area contributed by atoms with Crippen molar-refractivity contribution in [1.29, 1.82) is 0 Å². The maximum Gasteiger partial charge on any atom is 0.411 e. The van der Waals surface area contributed by atoms with Crippen LogP contribution in [0.5, 0.6) is 0 Å². The number of hydrogen-bond acceptors (Lipinski definition) is 5. The number of ether oxygens (including phenoxy) is 1. The molecule has 0 aliphatic heterocycles. The number of fused-ring (bicyclic) bond motifs is 1. The number of hydrogen-bond donors (Lipinski definition) is 1. The van der Waals surface area contributed by atoms with Crippen molar-refractivity contribution in [2.45, 2.75) is 6.92 Å². The molecule has 1 N–H and O–H groups in total. The van der Waals surface area contributed by atoms with Crippen molar-refractivity contribution < 1.29 is 14.3 Å². The lowest BCUT2D eigenvalue weighted by Crippen LogP contribution is -2.13. The topological polar surface area (TPSA) is 86.1 Å². The molecule has 0 bridgehead atoms. The zero-order valence-corrected chi connectivity index (χ0v) is 12.4. The average molecular weight is 310 g/mol. The van der Waals surface area contributed by atoms with Crippen LogP contribution >= 0.6 is 0 Å². The fourth-order valence-corrected chi connectivity index (χ4v) is 2.23. The van der Waals surface area contributed by atoms with E-state index in [9.17, 15) is 9.59 Å². The van der Waals surface area contributed by atoms with E-state index in [0.29, 0.717) is 23.5 Å². The molecule has 0 aliphatic rings. The minimum absolute atomic E-state index is 0.296. The molecule has 0 saturated carbocycles. The third-order valence-electron chi connectivity index (χ3n) is 3.21. The van der Waals surface area contributed by atoms with Crippen LogP contribution in [0, 0.1) is 0 Å². The molecule has 7 nitrogen and oxygen atoms in total. The average Bonchev–Trinajstić information content (AvgIpc) is 2.98. The van der Waals surface area contributed by atoms with Gasteiger partial charge >= 0.3 is 6.09 Å². The van der Waals surface area contributed by atoms with E-state index >= 15 is 0 Å². The molecular formula is C16H14N4O3. The van der Waals surface area contributed by atoms with E-state index in [1.807, 2.05) is 16.8 Å². The maximum atomic E-state index is 11.5. The second kappa shape index (κ2) is 6.27. The van der Waals surface area contributed by atoms with Crippen LogP contribution in [-0.4, -0.2) is 33.5 Å². The molecule has 0 aliphatic carbocycles. The summed E-state index contributed by atoms with van der Waals surface area (Å²) in [6, 6.07) is 5.39. The minimum atomic E-state index is -0.530. The van der Waals surface area contributed by atoms with Crippen LogP contribution in [0.25, 0.3) is 16.7 Å². The lowest BCUT2D eigenvalue weighted by Gasteiger charge is -2.08. The van der Waals surface area contributed by atoms with Gasteiger partial charge in [0.15, 0.2) is 6.29 Å². The SMILES string of the molecule is CCOC(=O)Nc1cncc(-n2ccc3cc(C=O)cnc32)c1. The molecule has 3 aromatic heterocycles. The predicted molar refractivity (Wildman–Crippen MR) is 84.9 cm³/mol. The van der Waals surface area contributed by atoms with E-state index < -0.39 is 6.09 Å². The molecule has 23 heavy (non-hydrogen) atoms. The van der Waals surface area contributed by atoms with E-state index in [4.69, 9.17) is 4.74 Å². The Morgan fingerprint density at radius 1 is 1.35 bits per heavy atom. The van der Waals surface area contributed by atoms with Gasteiger partial charge in [0.25, 0.3) is 0 Å². The first kappa shape index (κ1) is 14.7. The maximum absolute atomic E-state index is 11.5. The lowest BCUT2D eigenvalue weighted by atomic mass is 10.2. The van der Waals surface area contributed by atoms with Gasteiger partial charge < -0.3 is 4.74 Å². The first-order valence-corrected chi connectivity index (χ1v) is 7.02. The van der Waals surface area contributed by atoms with Gasteiger partial charge in [-0.15, -0.1) is 0 Å². The molecule has 0 spiro atoms. The van der Waals surface area contributed by atoms with E-state index in [0.717, 1.165) is 17.4 Å². The quantitative estimate of drug-likeness (QED) is 0.749. The van der Waals surface area contributed by atoms with Crippen LogP contribution < -0.4 is 5.32 Å². The molecule has 0 saturated heterocycles. The summed E-state index contributed by atoms with van der Waals surface area (Å²) >= 11 is 0. The summed E-state index contributed by atoms with van der Waals surface area (Å²) in [5.74, 6) is 0. The highest BCUT2D eigenvalue weighted by molar-refractivity contribution is 5.86. The minimum Gasteiger partial charge on any atom is -0.450 e. The third kappa shape index (κ3) is 3.03. The number of anilines is 1. The summed E-state index contributed by atoms with van der Waals surface area (Å²) < 4.78 is 6.67. The molecule has 0 fully saturated rings. The number of aldehydes is 1. The van der Waals surface area contributed by atoms with Crippen molar-refractivity contribution >= 4 is 29.1 Å². The number of pyridine rings is 2. The first-order chi connectivity index (χ1) is 11.2. The summed E-state index contributed by atoms with van der Waals surface area (Å²) in [5, 5.41) is 3.45. The Morgan fingerprint density at radius 2 is 2.22 bits per heavy atom. The first-order valence-electron chi connectivity index (χ1n) is 7.02. The molecule has 0 unspecified atom stereocenters. The number of amides is 1. The number of rotatable bonds is 4. The lowest BCUT2D eigenvalue weighted by molar-refractivity contribution is 0.112. The van der Waals surface area contributed by atoms with Gasteiger partial charge in [-0.1, -0.05) is 0 Å². The zero-order valence-electron chi connectivity index (χ0n) is 12.4. The Hall–Kier alpha value is -3.22. The van der Waals surface area contributed by atoms with Crippen LogP contribution in [0.4, 0.5) is 10.5 Å². The smallest absolute Gasteiger partial charge is 0.411 e. The van der Waals surface area contributed by atoms with Crippen LogP contribution in [0.2, 0.25) is 0 Å².